The molecule has 0 N–H and O–H groups in total. The Bertz CT molecular complexity index is 3640. The molecule has 1 aliphatic carbocycles. The van der Waals surface area contributed by atoms with Crippen molar-refractivity contribution in [1.29, 1.82) is 0 Å². The smallest absolute Gasteiger partial charge is 0.138 e. The van der Waals surface area contributed by atoms with E-state index in [9.17, 15) is 0 Å². The Morgan fingerprint density at radius 2 is 0.900 bits per heavy atom. The molecule has 60 heavy (non-hydrogen) atoms. The number of fused-ring (bicyclic) bond motifs is 3. The topological polar surface area (TPSA) is 19.6 Å². The maximum Gasteiger partial charge on any atom is 0.138 e. The molecule has 3 heteroatoms. The van der Waals surface area contributed by atoms with Gasteiger partial charge in [-0.25, -0.2) is 0 Å². The standard InChI is InChI=1S/C57H38N2O/c1-57(2)47-18-10-9-17-43(47)44-29-26-41(33-48(44)57)58(39-13-5-3-6-14-39)49-30-24-36-23-28-46-50(31-25-37-22-27-45(49)53(36)54(37)46)59(40-15-7-4-8-16-40)42-32-38-21-20-35-12-11-19-51-55(35)56(38)52(34-42)60-51/h3-34H,1-2H3. The van der Waals surface area contributed by atoms with Crippen molar-refractivity contribution in [3.63, 3.8) is 0 Å². The van der Waals surface area contributed by atoms with Gasteiger partial charge < -0.3 is 14.2 Å². The minimum absolute atomic E-state index is 0.111. The summed E-state index contributed by atoms with van der Waals surface area (Å²) in [5.41, 5.74) is 13.8. The molecule has 1 heterocycles. The predicted octanol–water partition coefficient (Wildman–Crippen LogP) is 16.3. The van der Waals surface area contributed by atoms with Gasteiger partial charge in [0.25, 0.3) is 0 Å². The van der Waals surface area contributed by atoms with Crippen LogP contribution in [0.5, 0.6) is 0 Å². The molecule has 0 saturated carbocycles. The summed E-state index contributed by atoms with van der Waals surface area (Å²) in [6, 6.07) is 71.3. The number of para-hydroxylation sites is 2. The van der Waals surface area contributed by atoms with Crippen LogP contribution in [-0.2, 0) is 5.41 Å². The van der Waals surface area contributed by atoms with E-state index in [-0.39, 0.29) is 5.41 Å². The van der Waals surface area contributed by atoms with Crippen molar-refractivity contribution in [3.8, 4) is 11.1 Å². The minimum Gasteiger partial charge on any atom is -0.456 e. The molecule has 13 rings (SSSR count). The minimum atomic E-state index is -0.111. The van der Waals surface area contributed by atoms with Crippen LogP contribution < -0.4 is 9.80 Å². The zero-order valence-electron chi connectivity index (χ0n) is 33.3. The Labute approximate surface area is 347 Å². The molecule has 0 spiro atoms. The van der Waals surface area contributed by atoms with Crippen LogP contribution in [0.15, 0.2) is 199 Å². The summed E-state index contributed by atoms with van der Waals surface area (Å²) < 4.78 is 6.59. The Morgan fingerprint density at radius 1 is 0.350 bits per heavy atom. The number of furan rings is 1. The number of hydrogen-bond donors (Lipinski definition) is 0. The fourth-order valence-corrected chi connectivity index (χ4v) is 10.6. The monoisotopic (exact) mass is 766 g/mol. The van der Waals surface area contributed by atoms with Crippen molar-refractivity contribution in [2.75, 3.05) is 9.80 Å². The first kappa shape index (κ1) is 33.4. The molecular formula is C57H38N2O. The highest BCUT2D eigenvalue weighted by molar-refractivity contribution is 6.28. The molecule has 1 aromatic heterocycles. The van der Waals surface area contributed by atoms with Gasteiger partial charge in [0.05, 0.1) is 17.1 Å². The largest absolute Gasteiger partial charge is 0.456 e. The maximum absolute atomic E-state index is 6.59. The van der Waals surface area contributed by atoms with Crippen LogP contribution in [0.4, 0.5) is 34.1 Å². The van der Waals surface area contributed by atoms with Gasteiger partial charge in [-0.05, 0) is 115 Å². The summed E-state index contributed by atoms with van der Waals surface area (Å²) in [6.07, 6.45) is 0. The van der Waals surface area contributed by atoms with Gasteiger partial charge in [-0.15, -0.1) is 0 Å². The molecule has 0 atom stereocenters. The molecule has 0 aliphatic heterocycles. The van der Waals surface area contributed by atoms with E-state index in [1.165, 1.54) is 76.1 Å². The fourth-order valence-electron chi connectivity index (χ4n) is 10.6. The lowest BCUT2D eigenvalue weighted by molar-refractivity contribution is 0.660. The second-order valence-corrected chi connectivity index (χ2v) is 16.9. The van der Waals surface area contributed by atoms with Crippen molar-refractivity contribution >= 4 is 99.2 Å². The van der Waals surface area contributed by atoms with E-state index in [1.807, 2.05) is 0 Å². The van der Waals surface area contributed by atoms with E-state index in [0.29, 0.717) is 0 Å². The molecule has 1 aliphatic rings. The number of benzene rings is 11. The second kappa shape index (κ2) is 12.2. The van der Waals surface area contributed by atoms with E-state index in [0.717, 1.165) is 45.3 Å². The van der Waals surface area contributed by atoms with E-state index >= 15 is 0 Å². The van der Waals surface area contributed by atoms with E-state index in [4.69, 9.17) is 4.42 Å². The van der Waals surface area contributed by atoms with E-state index < -0.39 is 0 Å². The highest BCUT2D eigenvalue weighted by atomic mass is 16.3. The van der Waals surface area contributed by atoms with Crippen LogP contribution in [0.2, 0.25) is 0 Å². The normalized spacial score (nSPS) is 13.3. The zero-order valence-corrected chi connectivity index (χ0v) is 33.3. The van der Waals surface area contributed by atoms with Gasteiger partial charge >= 0.3 is 0 Å². The molecule has 0 fully saturated rings. The molecule has 3 nitrogen and oxygen atoms in total. The molecule has 0 unspecified atom stereocenters. The Hall–Kier alpha value is -7.62. The van der Waals surface area contributed by atoms with Gasteiger partial charge in [-0.3, -0.25) is 0 Å². The number of hydrogen-bond acceptors (Lipinski definition) is 3. The predicted molar refractivity (Wildman–Crippen MR) is 253 cm³/mol. The quantitative estimate of drug-likeness (QED) is 0.157. The Morgan fingerprint density at radius 3 is 1.60 bits per heavy atom. The van der Waals surface area contributed by atoms with Gasteiger partial charge in [0.1, 0.15) is 11.2 Å². The van der Waals surface area contributed by atoms with Crippen molar-refractivity contribution in [1.82, 2.24) is 0 Å². The molecule has 0 amide bonds. The maximum atomic E-state index is 6.59. The van der Waals surface area contributed by atoms with E-state index in [1.54, 1.807) is 0 Å². The lowest BCUT2D eigenvalue weighted by Gasteiger charge is -2.30. The highest BCUT2D eigenvalue weighted by Crippen LogP contribution is 2.52. The highest BCUT2D eigenvalue weighted by Gasteiger charge is 2.36. The lowest BCUT2D eigenvalue weighted by Crippen LogP contribution is -2.16. The average Bonchev–Trinajstić information content (AvgIpc) is 3.79. The number of nitrogens with zero attached hydrogens (tertiary/aromatic N) is 2. The summed E-state index contributed by atoms with van der Waals surface area (Å²) in [7, 11) is 0. The molecule has 0 radical (unpaired) electrons. The fraction of sp³-hybridized carbons (Fsp3) is 0.0526. The Balaban J connectivity index is 1.04. The molecule has 11 aromatic carbocycles. The third-order valence-electron chi connectivity index (χ3n) is 13.3. The third kappa shape index (κ3) is 4.60. The average molecular weight is 767 g/mol. The first-order chi connectivity index (χ1) is 29.5. The van der Waals surface area contributed by atoms with Gasteiger partial charge in [0.2, 0.25) is 0 Å². The molecule has 282 valence electrons. The summed E-state index contributed by atoms with van der Waals surface area (Å²) in [5.74, 6) is 0. The second-order valence-electron chi connectivity index (χ2n) is 16.9. The van der Waals surface area contributed by atoms with Crippen molar-refractivity contribution < 1.29 is 4.42 Å². The Kier molecular flexibility index (Phi) is 6.78. The van der Waals surface area contributed by atoms with Crippen LogP contribution in [0.1, 0.15) is 25.0 Å². The first-order valence-electron chi connectivity index (χ1n) is 20.8. The lowest BCUT2D eigenvalue weighted by atomic mass is 9.82. The summed E-state index contributed by atoms with van der Waals surface area (Å²) in [4.78, 5) is 4.86. The van der Waals surface area contributed by atoms with E-state index in [2.05, 4.69) is 218 Å². The molecule has 12 aromatic rings. The van der Waals surface area contributed by atoms with Gasteiger partial charge in [-0.1, -0.05) is 141 Å². The van der Waals surface area contributed by atoms with Crippen molar-refractivity contribution in [2.45, 2.75) is 19.3 Å². The van der Waals surface area contributed by atoms with Crippen LogP contribution in [0.3, 0.4) is 0 Å². The van der Waals surface area contributed by atoms with Crippen molar-refractivity contribution in [3.05, 3.63) is 205 Å². The van der Waals surface area contributed by atoms with Gasteiger partial charge in [0.15, 0.2) is 0 Å². The van der Waals surface area contributed by atoms with Gasteiger partial charge in [-0.2, -0.15) is 0 Å². The van der Waals surface area contributed by atoms with Crippen LogP contribution in [0.25, 0.3) is 76.2 Å². The number of anilines is 6. The molecule has 0 bridgehead atoms. The summed E-state index contributed by atoms with van der Waals surface area (Å²) in [6.45, 7) is 4.72. The first-order valence-corrected chi connectivity index (χ1v) is 20.8. The third-order valence-corrected chi connectivity index (χ3v) is 13.3. The number of rotatable bonds is 6. The molecular weight excluding hydrogens is 729 g/mol. The SMILES string of the molecule is CC1(C)c2ccccc2-c2ccc(N(c3ccccc3)c3ccc4ccc5c(N(c6ccccc6)c6cc7ccc8cccc9oc(c6)c7c89)ccc6ccc3c4c65)cc21. The van der Waals surface area contributed by atoms with Crippen molar-refractivity contribution in [2.24, 2.45) is 0 Å². The zero-order chi connectivity index (χ0) is 39.7. The van der Waals surface area contributed by atoms with Gasteiger partial charge in [0, 0.05) is 50.1 Å². The molecule has 0 saturated heterocycles. The van der Waals surface area contributed by atoms with Crippen LogP contribution in [-0.4, -0.2) is 0 Å². The summed E-state index contributed by atoms with van der Waals surface area (Å²) >= 11 is 0. The summed E-state index contributed by atoms with van der Waals surface area (Å²) in [5, 5.41) is 12.1. The van der Waals surface area contributed by atoms with Crippen LogP contribution in [0, 0.1) is 0 Å². The van der Waals surface area contributed by atoms with Crippen LogP contribution >= 0.6 is 0 Å².